The number of nitrogens with zero attached hydrogens (tertiary/aromatic N) is 1. The molecule has 0 aromatic heterocycles. The molecule has 0 aliphatic rings. The molecule has 1 rings (SSSR count). The molecule has 0 bridgehead atoms. The molecule has 6 nitrogen and oxygen atoms in total. The van der Waals surface area contributed by atoms with E-state index < -0.39 is 0 Å². The minimum Gasteiger partial charge on any atom is -0.489 e. The second-order valence-corrected chi connectivity index (χ2v) is 6.00. The lowest BCUT2D eigenvalue weighted by Crippen LogP contribution is -2.40. The number of ether oxygens (including phenoxy) is 1. The largest absolute Gasteiger partial charge is 0.489 e. The van der Waals surface area contributed by atoms with Gasteiger partial charge in [-0.1, -0.05) is 0 Å². The van der Waals surface area contributed by atoms with E-state index >= 15 is 0 Å². The first kappa shape index (κ1) is 20.7. The normalized spacial score (nSPS) is 12.6. The summed E-state index contributed by atoms with van der Waals surface area (Å²) in [4.78, 5) is 16.1. The second kappa shape index (κ2) is 11.3. The number of halogens is 1. The predicted octanol–water partition coefficient (Wildman–Crippen LogP) is 2.06. The molecule has 0 aliphatic heterocycles. The molecule has 0 spiro atoms. The van der Waals surface area contributed by atoms with Crippen LogP contribution in [0.25, 0.3) is 0 Å². The summed E-state index contributed by atoms with van der Waals surface area (Å²) >= 11 is 0. The molecule has 0 fully saturated rings. The summed E-state index contributed by atoms with van der Waals surface area (Å²) < 4.78 is 18.6. The lowest BCUT2D eigenvalue weighted by Gasteiger charge is -2.15. The minimum absolute atomic E-state index is 0.00589. The van der Waals surface area contributed by atoms with Crippen molar-refractivity contribution in [3.63, 3.8) is 0 Å². The van der Waals surface area contributed by atoms with Crippen LogP contribution in [0.1, 0.15) is 34.1 Å². The number of nitrogens with one attached hydrogen (secondary N) is 3. The maximum atomic E-state index is 12.9. The van der Waals surface area contributed by atoms with Gasteiger partial charge in [-0.2, -0.15) is 0 Å². The molecular formula is C18H29FN4O2. The molecule has 1 unspecified atom stereocenters. The molecule has 0 saturated heterocycles. The smallest absolute Gasteiger partial charge is 0.221 e. The van der Waals surface area contributed by atoms with E-state index in [0.29, 0.717) is 31.2 Å². The van der Waals surface area contributed by atoms with Gasteiger partial charge in [0.05, 0.1) is 6.54 Å². The Balaban J connectivity index is 2.42. The lowest BCUT2D eigenvalue weighted by molar-refractivity contribution is -0.121. The Labute approximate surface area is 149 Å². The molecule has 0 saturated carbocycles. The Morgan fingerprint density at radius 2 is 1.88 bits per heavy atom. The van der Waals surface area contributed by atoms with Crippen molar-refractivity contribution >= 4 is 11.9 Å². The number of carbonyl (C=O) groups excluding carboxylic acids is 1. The molecule has 1 amide bonds. The van der Waals surface area contributed by atoms with Gasteiger partial charge in [-0.3, -0.25) is 4.79 Å². The first-order valence-electron chi connectivity index (χ1n) is 8.64. The zero-order valence-corrected chi connectivity index (χ0v) is 15.4. The first-order chi connectivity index (χ1) is 11.9. The molecule has 3 N–H and O–H groups in total. The minimum atomic E-state index is -0.293. The van der Waals surface area contributed by atoms with Crippen molar-refractivity contribution in [2.75, 3.05) is 19.6 Å². The number of guanidine groups is 1. The van der Waals surface area contributed by atoms with Gasteiger partial charge in [-0.05, 0) is 52.0 Å². The average molecular weight is 352 g/mol. The zero-order valence-electron chi connectivity index (χ0n) is 15.4. The number of carbonyl (C=O) groups is 1. The topological polar surface area (TPSA) is 74.8 Å². The van der Waals surface area contributed by atoms with Gasteiger partial charge in [0.15, 0.2) is 5.96 Å². The van der Waals surface area contributed by atoms with Gasteiger partial charge in [0.2, 0.25) is 5.91 Å². The summed E-state index contributed by atoms with van der Waals surface area (Å²) in [5.74, 6) is 0.950. The summed E-state index contributed by atoms with van der Waals surface area (Å²) in [5.41, 5.74) is 0. The van der Waals surface area contributed by atoms with Crippen LogP contribution in [0.2, 0.25) is 0 Å². The number of amides is 1. The van der Waals surface area contributed by atoms with E-state index in [-0.39, 0.29) is 23.9 Å². The average Bonchev–Trinajstić information content (AvgIpc) is 2.54. The molecule has 0 heterocycles. The Kier molecular flexibility index (Phi) is 9.36. The maximum absolute atomic E-state index is 12.9. The van der Waals surface area contributed by atoms with Crippen LogP contribution in [-0.4, -0.2) is 43.6 Å². The highest BCUT2D eigenvalue weighted by Gasteiger charge is 2.06. The lowest BCUT2D eigenvalue weighted by atomic mass is 10.3. The Morgan fingerprint density at radius 1 is 1.20 bits per heavy atom. The van der Waals surface area contributed by atoms with E-state index in [4.69, 9.17) is 4.74 Å². The zero-order chi connectivity index (χ0) is 18.7. The van der Waals surface area contributed by atoms with Crippen molar-refractivity contribution in [3.05, 3.63) is 30.1 Å². The van der Waals surface area contributed by atoms with Gasteiger partial charge in [0.25, 0.3) is 0 Å². The summed E-state index contributed by atoms with van der Waals surface area (Å²) in [6.07, 6.45) is 0.217. The van der Waals surface area contributed by atoms with E-state index in [0.717, 1.165) is 6.54 Å². The molecule has 7 heteroatoms. The quantitative estimate of drug-likeness (QED) is 0.470. The van der Waals surface area contributed by atoms with Crippen molar-refractivity contribution in [1.29, 1.82) is 0 Å². The fraction of sp³-hybridized carbons (Fsp3) is 0.556. The van der Waals surface area contributed by atoms with Crippen molar-refractivity contribution in [1.82, 2.24) is 16.0 Å². The molecule has 0 radical (unpaired) electrons. The molecule has 1 atom stereocenters. The van der Waals surface area contributed by atoms with E-state index in [9.17, 15) is 9.18 Å². The van der Waals surface area contributed by atoms with Crippen molar-refractivity contribution in [2.45, 2.75) is 46.3 Å². The van der Waals surface area contributed by atoms with Crippen LogP contribution in [0.15, 0.2) is 29.3 Å². The fourth-order valence-electron chi connectivity index (χ4n) is 2.03. The van der Waals surface area contributed by atoms with Crippen LogP contribution >= 0.6 is 0 Å². The first-order valence-corrected chi connectivity index (χ1v) is 8.64. The van der Waals surface area contributed by atoms with Gasteiger partial charge >= 0.3 is 0 Å². The third-order valence-corrected chi connectivity index (χ3v) is 3.10. The van der Waals surface area contributed by atoms with Crippen molar-refractivity contribution < 1.29 is 13.9 Å². The highest BCUT2D eigenvalue weighted by Crippen LogP contribution is 2.12. The SMILES string of the molecule is CCNC(=NCC(C)Oc1ccc(F)cc1)NCCC(=O)NC(C)C. The summed E-state index contributed by atoms with van der Waals surface area (Å²) in [6, 6.07) is 6.04. The number of rotatable bonds is 9. The Hall–Kier alpha value is -2.31. The van der Waals surface area contributed by atoms with Crippen LogP contribution in [0.4, 0.5) is 4.39 Å². The number of hydrogen-bond donors (Lipinski definition) is 3. The standard InChI is InChI=1S/C18H29FN4O2/c1-5-20-18(21-11-10-17(24)23-13(2)3)22-12-14(4)25-16-8-6-15(19)7-9-16/h6-9,13-14H,5,10-12H2,1-4H3,(H,23,24)(H2,20,21,22). The highest BCUT2D eigenvalue weighted by atomic mass is 19.1. The van der Waals surface area contributed by atoms with Gasteiger partial charge < -0.3 is 20.7 Å². The van der Waals surface area contributed by atoms with Crippen molar-refractivity contribution in [3.8, 4) is 5.75 Å². The Morgan fingerprint density at radius 3 is 2.48 bits per heavy atom. The highest BCUT2D eigenvalue weighted by molar-refractivity contribution is 5.81. The number of aliphatic imine (C=N–C) groups is 1. The van der Waals surface area contributed by atoms with Crippen LogP contribution < -0.4 is 20.7 Å². The van der Waals surface area contributed by atoms with Crippen LogP contribution in [0.5, 0.6) is 5.75 Å². The number of hydrogen-bond acceptors (Lipinski definition) is 3. The van der Waals surface area contributed by atoms with Gasteiger partial charge in [0.1, 0.15) is 17.7 Å². The summed E-state index contributed by atoms with van der Waals surface area (Å²) in [5, 5.41) is 9.09. The molecular weight excluding hydrogens is 323 g/mol. The summed E-state index contributed by atoms with van der Waals surface area (Å²) in [6.45, 7) is 9.38. The third kappa shape index (κ3) is 9.54. The third-order valence-electron chi connectivity index (χ3n) is 3.10. The van der Waals surface area contributed by atoms with E-state index in [2.05, 4.69) is 20.9 Å². The molecule has 1 aromatic rings. The second-order valence-electron chi connectivity index (χ2n) is 6.00. The Bertz CT molecular complexity index is 547. The summed E-state index contributed by atoms with van der Waals surface area (Å²) in [7, 11) is 0. The van der Waals surface area contributed by atoms with E-state index in [1.165, 1.54) is 12.1 Å². The van der Waals surface area contributed by atoms with Crippen LogP contribution in [0, 0.1) is 5.82 Å². The van der Waals surface area contributed by atoms with Gasteiger partial charge in [-0.25, -0.2) is 9.38 Å². The van der Waals surface area contributed by atoms with E-state index in [1.807, 2.05) is 27.7 Å². The van der Waals surface area contributed by atoms with Crippen LogP contribution in [-0.2, 0) is 4.79 Å². The maximum Gasteiger partial charge on any atom is 0.221 e. The number of benzene rings is 1. The molecule has 1 aromatic carbocycles. The van der Waals surface area contributed by atoms with E-state index in [1.54, 1.807) is 12.1 Å². The van der Waals surface area contributed by atoms with Crippen LogP contribution in [0.3, 0.4) is 0 Å². The molecule has 140 valence electrons. The molecule has 25 heavy (non-hydrogen) atoms. The predicted molar refractivity (Wildman–Crippen MR) is 98.4 cm³/mol. The monoisotopic (exact) mass is 352 g/mol. The fourth-order valence-corrected chi connectivity index (χ4v) is 2.03. The van der Waals surface area contributed by atoms with Gasteiger partial charge in [-0.15, -0.1) is 0 Å². The van der Waals surface area contributed by atoms with Gasteiger partial charge in [0, 0.05) is 25.6 Å². The van der Waals surface area contributed by atoms with Crippen molar-refractivity contribution in [2.24, 2.45) is 4.99 Å². The molecule has 0 aliphatic carbocycles.